The minimum Gasteiger partial charge on any atom is -0.465 e. The number of esters is 1. The van der Waals surface area contributed by atoms with Gasteiger partial charge in [-0.3, -0.25) is 4.79 Å². The number of rotatable bonds is 6. The average Bonchev–Trinajstić information content (AvgIpc) is 2.85. The highest BCUT2D eigenvalue weighted by molar-refractivity contribution is 8.13. The van der Waals surface area contributed by atoms with Gasteiger partial charge in [-0.05, 0) is 53.1 Å². The fourth-order valence-electron chi connectivity index (χ4n) is 3.65. The van der Waals surface area contributed by atoms with E-state index in [1.807, 2.05) is 72.8 Å². The normalized spacial score (nSPS) is 12.1. The maximum atomic E-state index is 12.0. The summed E-state index contributed by atoms with van der Waals surface area (Å²) in [6.45, 7) is 1.54. The number of benzene rings is 3. The first kappa shape index (κ1) is 23.7. The SMILES string of the molecule is COC(=O)c1cccc(C(SC(C)=O)c2cccc(/C=C/c3ccc4ccc(Cl)cc4n3)c2)c1. The van der Waals surface area contributed by atoms with Crippen LogP contribution in [0, 0.1) is 0 Å². The van der Waals surface area contributed by atoms with Crippen LogP contribution >= 0.6 is 23.4 Å². The first-order valence-corrected chi connectivity index (χ1v) is 11.9. The lowest BCUT2D eigenvalue weighted by molar-refractivity contribution is -0.109. The summed E-state index contributed by atoms with van der Waals surface area (Å²) in [4.78, 5) is 28.7. The van der Waals surface area contributed by atoms with E-state index >= 15 is 0 Å². The number of fused-ring (bicyclic) bond motifs is 1. The van der Waals surface area contributed by atoms with Crippen LogP contribution in [0.1, 0.15) is 44.9 Å². The Morgan fingerprint density at radius 1 is 0.941 bits per heavy atom. The molecule has 0 bridgehead atoms. The van der Waals surface area contributed by atoms with Crippen molar-refractivity contribution in [1.82, 2.24) is 4.98 Å². The van der Waals surface area contributed by atoms with Crippen LogP contribution in [0.3, 0.4) is 0 Å². The molecule has 0 saturated heterocycles. The molecule has 4 nitrogen and oxygen atoms in total. The van der Waals surface area contributed by atoms with Gasteiger partial charge in [-0.25, -0.2) is 9.78 Å². The van der Waals surface area contributed by atoms with Crippen LogP contribution in [-0.4, -0.2) is 23.2 Å². The van der Waals surface area contributed by atoms with E-state index in [1.54, 1.807) is 25.1 Å². The summed E-state index contributed by atoms with van der Waals surface area (Å²) in [7, 11) is 1.35. The minimum absolute atomic E-state index is 0.00607. The Balaban J connectivity index is 1.65. The number of nitrogens with zero attached hydrogens (tertiary/aromatic N) is 1. The van der Waals surface area contributed by atoms with E-state index in [0.717, 1.165) is 33.3 Å². The third kappa shape index (κ3) is 5.74. The molecule has 0 radical (unpaired) electrons. The zero-order valence-electron chi connectivity index (χ0n) is 18.7. The van der Waals surface area contributed by atoms with Crippen LogP contribution in [-0.2, 0) is 9.53 Å². The van der Waals surface area contributed by atoms with Crippen molar-refractivity contribution in [3.63, 3.8) is 0 Å². The van der Waals surface area contributed by atoms with Gasteiger partial charge in [0.05, 0.1) is 29.1 Å². The van der Waals surface area contributed by atoms with Crippen molar-refractivity contribution in [1.29, 1.82) is 0 Å². The Kier molecular flexibility index (Phi) is 7.46. The largest absolute Gasteiger partial charge is 0.465 e. The molecule has 0 fully saturated rings. The fraction of sp³-hybridized carbons (Fsp3) is 0.107. The van der Waals surface area contributed by atoms with E-state index < -0.39 is 5.97 Å². The highest BCUT2D eigenvalue weighted by Crippen LogP contribution is 2.37. The van der Waals surface area contributed by atoms with Gasteiger partial charge in [0, 0.05) is 17.3 Å². The van der Waals surface area contributed by atoms with Gasteiger partial charge in [0.15, 0.2) is 5.12 Å². The number of carbonyl (C=O) groups excluding carboxylic acids is 2. The number of thioether (sulfide) groups is 1. The van der Waals surface area contributed by atoms with E-state index in [0.29, 0.717) is 10.6 Å². The molecular weight excluding hydrogens is 466 g/mol. The number of methoxy groups -OCH3 is 1. The van der Waals surface area contributed by atoms with E-state index in [4.69, 9.17) is 16.3 Å². The van der Waals surface area contributed by atoms with Gasteiger partial charge in [0.1, 0.15) is 0 Å². The first-order valence-electron chi connectivity index (χ1n) is 10.6. The minimum atomic E-state index is -0.408. The van der Waals surface area contributed by atoms with Gasteiger partial charge in [-0.1, -0.05) is 78.0 Å². The summed E-state index contributed by atoms with van der Waals surface area (Å²) in [5.74, 6) is -0.408. The lowest BCUT2D eigenvalue weighted by Gasteiger charge is -2.17. The van der Waals surface area contributed by atoms with Crippen molar-refractivity contribution in [2.75, 3.05) is 7.11 Å². The average molecular weight is 488 g/mol. The predicted molar refractivity (Wildman–Crippen MR) is 140 cm³/mol. The number of hydrogen-bond acceptors (Lipinski definition) is 5. The number of carbonyl (C=O) groups is 2. The maximum absolute atomic E-state index is 12.0. The van der Waals surface area contributed by atoms with Crippen LogP contribution in [0.2, 0.25) is 5.02 Å². The fourth-order valence-corrected chi connectivity index (χ4v) is 4.71. The topological polar surface area (TPSA) is 56.3 Å². The molecule has 4 aromatic rings. The molecular formula is C28H22ClNO3S. The van der Waals surface area contributed by atoms with Gasteiger partial charge in [-0.15, -0.1) is 0 Å². The van der Waals surface area contributed by atoms with E-state index in [-0.39, 0.29) is 10.4 Å². The molecule has 0 saturated carbocycles. The molecule has 170 valence electrons. The van der Waals surface area contributed by atoms with Crippen LogP contribution in [0.5, 0.6) is 0 Å². The molecule has 1 atom stereocenters. The van der Waals surface area contributed by atoms with Gasteiger partial charge >= 0.3 is 5.97 Å². The highest BCUT2D eigenvalue weighted by atomic mass is 35.5. The second kappa shape index (κ2) is 10.7. The van der Waals surface area contributed by atoms with E-state index in [1.165, 1.54) is 18.9 Å². The molecule has 1 unspecified atom stereocenters. The number of pyridine rings is 1. The van der Waals surface area contributed by atoms with Crippen LogP contribution < -0.4 is 0 Å². The Morgan fingerprint density at radius 2 is 1.68 bits per heavy atom. The Labute approximate surface area is 207 Å². The monoisotopic (exact) mass is 487 g/mol. The van der Waals surface area contributed by atoms with Gasteiger partial charge in [0.25, 0.3) is 0 Å². The van der Waals surface area contributed by atoms with Crippen LogP contribution in [0.4, 0.5) is 0 Å². The van der Waals surface area contributed by atoms with Crippen molar-refractivity contribution in [3.8, 4) is 0 Å². The third-order valence-electron chi connectivity index (χ3n) is 5.23. The van der Waals surface area contributed by atoms with Crippen LogP contribution in [0.15, 0.2) is 78.9 Å². The summed E-state index contributed by atoms with van der Waals surface area (Å²) < 4.78 is 4.85. The van der Waals surface area contributed by atoms with Crippen molar-refractivity contribution < 1.29 is 14.3 Å². The molecule has 0 aliphatic carbocycles. The molecule has 6 heteroatoms. The predicted octanol–water partition coefficient (Wildman–Crippen LogP) is 7.21. The molecule has 1 heterocycles. The van der Waals surface area contributed by atoms with E-state index in [9.17, 15) is 9.59 Å². The lowest BCUT2D eigenvalue weighted by Crippen LogP contribution is -2.05. The number of halogens is 1. The first-order chi connectivity index (χ1) is 16.4. The zero-order valence-corrected chi connectivity index (χ0v) is 20.3. The van der Waals surface area contributed by atoms with Crippen LogP contribution in [0.25, 0.3) is 23.1 Å². The summed E-state index contributed by atoms with van der Waals surface area (Å²) in [6, 6.07) is 24.8. The van der Waals surface area contributed by atoms with Crippen molar-refractivity contribution in [2.24, 2.45) is 0 Å². The summed E-state index contributed by atoms with van der Waals surface area (Å²) in [5, 5.41) is 1.42. The highest BCUT2D eigenvalue weighted by Gasteiger charge is 2.19. The number of hydrogen-bond donors (Lipinski definition) is 0. The second-order valence-corrected chi connectivity index (χ2v) is 9.40. The molecule has 0 N–H and O–H groups in total. The second-order valence-electron chi connectivity index (χ2n) is 7.68. The summed E-state index contributed by atoms with van der Waals surface area (Å²) >= 11 is 7.32. The molecule has 1 aromatic heterocycles. The molecule has 34 heavy (non-hydrogen) atoms. The molecule has 4 rings (SSSR count). The number of aromatic nitrogens is 1. The lowest BCUT2D eigenvalue weighted by atomic mass is 10.00. The Morgan fingerprint density at radius 3 is 2.44 bits per heavy atom. The Bertz CT molecular complexity index is 1400. The smallest absolute Gasteiger partial charge is 0.337 e. The maximum Gasteiger partial charge on any atom is 0.337 e. The molecule has 0 spiro atoms. The van der Waals surface area contributed by atoms with E-state index in [2.05, 4.69) is 4.98 Å². The van der Waals surface area contributed by atoms with Crippen molar-refractivity contribution in [2.45, 2.75) is 12.2 Å². The van der Waals surface area contributed by atoms with Gasteiger partial charge < -0.3 is 4.74 Å². The quantitative estimate of drug-likeness (QED) is 0.269. The molecule has 3 aromatic carbocycles. The zero-order chi connectivity index (χ0) is 24.1. The number of ether oxygens (including phenoxy) is 1. The molecule has 0 aliphatic heterocycles. The van der Waals surface area contributed by atoms with Crippen molar-refractivity contribution in [3.05, 3.63) is 112 Å². The summed E-state index contributed by atoms with van der Waals surface area (Å²) in [6.07, 6.45) is 3.94. The summed E-state index contributed by atoms with van der Waals surface area (Å²) in [5.41, 5.74) is 4.91. The third-order valence-corrected chi connectivity index (χ3v) is 6.58. The molecule has 0 aliphatic rings. The van der Waals surface area contributed by atoms with Crippen molar-refractivity contribution >= 4 is 57.5 Å². The standard InChI is InChI=1S/C28H22ClNO3S/c1-18(31)34-27(22-7-4-8-23(16-22)28(32)33-2)21-6-3-5-19(15-21)9-13-25-14-11-20-10-12-24(29)17-26(20)30-25/h3-17,27H,1-2H3/b13-9+. The molecule has 0 amide bonds. The van der Waals surface area contributed by atoms with Gasteiger partial charge in [0.2, 0.25) is 0 Å². The van der Waals surface area contributed by atoms with Gasteiger partial charge in [-0.2, -0.15) is 0 Å². The Hall–Kier alpha value is -3.41.